The van der Waals surface area contributed by atoms with Crippen LogP contribution >= 0.6 is 0 Å². The molecule has 0 spiro atoms. The first-order chi connectivity index (χ1) is 19.8. The lowest BCUT2D eigenvalue weighted by molar-refractivity contribution is 0.0996. The summed E-state index contributed by atoms with van der Waals surface area (Å²) in [4.78, 5) is 27.2. The summed E-state index contributed by atoms with van der Waals surface area (Å²) in [7, 11) is 1.70. The van der Waals surface area contributed by atoms with Crippen molar-refractivity contribution < 1.29 is 28.5 Å². The second-order valence-corrected chi connectivity index (χ2v) is 11.2. The van der Waals surface area contributed by atoms with Crippen molar-refractivity contribution in [1.82, 2.24) is 15.3 Å². The van der Waals surface area contributed by atoms with Crippen LogP contribution in [-0.4, -0.2) is 79.2 Å². The van der Waals surface area contributed by atoms with Crippen LogP contribution in [0.5, 0.6) is 11.8 Å². The van der Waals surface area contributed by atoms with Gasteiger partial charge < -0.3 is 34.4 Å². The lowest BCUT2D eigenvalue weighted by atomic mass is 9.99. The number of halogens is 1. The number of amides is 1. The van der Waals surface area contributed by atoms with Crippen LogP contribution in [0.4, 0.5) is 15.9 Å². The maximum atomic E-state index is 14.9. The normalized spacial score (nSPS) is 22.8. The molecule has 1 unspecified atom stereocenters. The third-order valence-corrected chi connectivity index (χ3v) is 8.30. The van der Waals surface area contributed by atoms with Gasteiger partial charge in [0.2, 0.25) is 0 Å². The molecule has 11 heteroatoms. The fraction of sp³-hybridized carbons (Fsp3) is 0.500. The van der Waals surface area contributed by atoms with E-state index in [0.717, 1.165) is 19.4 Å². The number of nitrogens with zero attached hydrogens (tertiary/aromatic N) is 4. The number of benzene rings is 2. The fourth-order valence-electron chi connectivity index (χ4n) is 6.15. The number of carbonyl (C=O) groups is 1. The van der Waals surface area contributed by atoms with Crippen molar-refractivity contribution in [3.63, 3.8) is 0 Å². The standard InChI is InChI=1S/C30H36FN5O5/c1-4-21-22(31)7-6-18-12-19(37)13-24(25(18)21)36-16-23-26(28(36)38)27(35-8-5-10-40-11-9-35)34-29(33-23)41-17-30(2)14-20(39-3)15-32-30/h6-7,12-13,20,32,37H,4-5,8-11,14-17H2,1-3H3/t20-,30?/m1/s1. The predicted molar refractivity (Wildman–Crippen MR) is 152 cm³/mol. The first kappa shape index (κ1) is 27.6. The van der Waals surface area contributed by atoms with Crippen molar-refractivity contribution in [2.45, 2.75) is 51.3 Å². The van der Waals surface area contributed by atoms with Crippen molar-refractivity contribution in [2.75, 3.05) is 56.4 Å². The molecular weight excluding hydrogens is 529 g/mol. The molecule has 2 atom stereocenters. The van der Waals surface area contributed by atoms with Crippen LogP contribution in [0, 0.1) is 5.82 Å². The average Bonchev–Trinajstić information content (AvgIpc) is 3.37. The number of nitrogens with one attached hydrogen (secondary N) is 1. The first-order valence-corrected chi connectivity index (χ1v) is 14.2. The van der Waals surface area contributed by atoms with Gasteiger partial charge in [-0.2, -0.15) is 9.97 Å². The molecule has 0 saturated carbocycles. The van der Waals surface area contributed by atoms with E-state index >= 15 is 0 Å². The zero-order valence-electron chi connectivity index (χ0n) is 23.7. The molecule has 2 N–H and O–H groups in total. The number of ether oxygens (including phenoxy) is 3. The molecule has 1 amide bonds. The Hall–Kier alpha value is -3.54. The molecule has 0 bridgehead atoms. The number of hydrogen-bond acceptors (Lipinski definition) is 9. The van der Waals surface area contributed by atoms with Gasteiger partial charge >= 0.3 is 6.01 Å². The number of hydrogen-bond donors (Lipinski definition) is 2. The molecule has 6 rings (SSSR count). The van der Waals surface area contributed by atoms with E-state index in [4.69, 9.17) is 24.2 Å². The van der Waals surface area contributed by atoms with Crippen LogP contribution in [0.15, 0.2) is 24.3 Å². The number of aryl methyl sites for hydroxylation is 1. The van der Waals surface area contributed by atoms with Crippen molar-refractivity contribution >= 4 is 28.2 Å². The molecule has 4 heterocycles. The number of phenols is 1. The van der Waals surface area contributed by atoms with E-state index in [2.05, 4.69) is 17.1 Å². The summed E-state index contributed by atoms with van der Waals surface area (Å²) < 4.78 is 32.2. The summed E-state index contributed by atoms with van der Waals surface area (Å²) in [6.45, 7) is 7.57. The second kappa shape index (κ2) is 11.0. The molecule has 2 fully saturated rings. The lowest BCUT2D eigenvalue weighted by Gasteiger charge is -2.25. The Morgan fingerprint density at radius 2 is 2.10 bits per heavy atom. The van der Waals surface area contributed by atoms with Gasteiger partial charge in [-0.15, -0.1) is 0 Å². The summed E-state index contributed by atoms with van der Waals surface area (Å²) in [5.74, 6) is -0.135. The van der Waals surface area contributed by atoms with E-state index in [1.807, 2.05) is 6.92 Å². The van der Waals surface area contributed by atoms with Crippen molar-refractivity contribution in [3.8, 4) is 11.8 Å². The zero-order chi connectivity index (χ0) is 28.7. The molecular formula is C30H36FN5O5. The van der Waals surface area contributed by atoms with E-state index in [1.54, 1.807) is 24.1 Å². The van der Waals surface area contributed by atoms with Crippen molar-refractivity contribution in [3.05, 3.63) is 46.9 Å². The summed E-state index contributed by atoms with van der Waals surface area (Å²) >= 11 is 0. The van der Waals surface area contributed by atoms with Crippen molar-refractivity contribution in [2.24, 2.45) is 0 Å². The lowest BCUT2D eigenvalue weighted by Crippen LogP contribution is -2.42. The molecule has 1 aromatic heterocycles. The molecule has 0 aliphatic carbocycles. The zero-order valence-corrected chi connectivity index (χ0v) is 23.7. The predicted octanol–water partition coefficient (Wildman–Crippen LogP) is 3.57. The van der Waals surface area contributed by atoms with Crippen LogP contribution in [0.2, 0.25) is 0 Å². The number of phenolic OH excluding ortho intramolecular Hbond substituents is 1. The Bertz CT molecular complexity index is 1480. The van der Waals surface area contributed by atoms with Crippen LogP contribution < -0.4 is 19.9 Å². The number of rotatable bonds is 7. The minimum Gasteiger partial charge on any atom is -0.508 e. The highest BCUT2D eigenvalue weighted by molar-refractivity contribution is 6.16. The van der Waals surface area contributed by atoms with Crippen LogP contribution in [0.25, 0.3) is 10.8 Å². The van der Waals surface area contributed by atoms with Crippen LogP contribution in [-0.2, 0) is 22.4 Å². The third-order valence-electron chi connectivity index (χ3n) is 8.30. The van der Waals surface area contributed by atoms with Gasteiger partial charge in [-0.1, -0.05) is 13.0 Å². The monoisotopic (exact) mass is 565 g/mol. The van der Waals surface area contributed by atoms with Gasteiger partial charge in [0.15, 0.2) is 0 Å². The Morgan fingerprint density at radius 3 is 2.88 bits per heavy atom. The number of methoxy groups -OCH3 is 1. The Morgan fingerprint density at radius 1 is 1.24 bits per heavy atom. The number of fused-ring (bicyclic) bond motifs is 2. The summed E-state index contributed by atoms with van der Waals surface area (Å²) in [5, 5.41) is 15.3. The van der Waals surface area contributed by atoms with E-state index in [9.17, 15) is 14.3 Å². The van der Waals surface area contributed by atoms with Gasteiger partial charge in [0.25, 0.3) is 5.91 Å². The number of aromatic hydroxyl groups is 1. The number of anilines is 2. The van der Waals surface area contributed by atoms with Gasteiger partial charge in [-0.3, -0.25) is 4.79 Å². The highest BCUT2D eigenvalue weighted by Gasteiger charge is 2.39. The topological polar surface area (TPSA) is 109 Å². The minimum absolute atomic E-state index is 0.00316. The number of carbonyl (C=O) groups excluding carboxylic acids is 1. The van der Waals surface area contributed by atoms with Crippen LogP contribution in [0.3, 0.4) is 0 Å². The van der Waals surface area contributed by atoms with Gasteiger partial charge in [0.1, 0.15) is 29.6 Å². The highest BCUT2D eigenvalue weighted by Crippen LogP contribution is 2.41. The van der Waals surface area contributed by atoms with Gasteiger partial charge in [-0.05, 0) is 49.3 Å². The average molecular weight is 566 g/mol. The Labute approximate surface area is 238 Å². The van der Waals surface area contributed by atoms with E-state index in [0.29, 0.717) is 78.4 Å². The van der Waals surface area contributed by atoms with Crippen molar-refractivity contribution in [1.29, 1.82) is 0 Å². The largest absolute Gasteiger partial charge is 0.508 e. The second-order valence-electron chi connectivity index (χ2n) is 11.2. The minimum atomic E-state index is -0.346. The SMILES string of the molecule is CCc1c(F)ccc2cc(O)cc(N3Cc4nc(OCC5(C)C[C@@H](OC)CN5)nc(N5CCCOCC5)c4C3=O)c12. The maximum absolute atomic E-state index is 14.9. The first-order valence-electron chi connectivity index (χ1n) is 14.2. The van der Waals surface area contributed by atoms with Gasteiger partial charge in [-0.25, -0.2) is 4.39 Å². The fourth-order valence-corrected chi connectivity index (χ4v) is 6.15. The quantitative estimate of drug-likeness (QED) is 0.444. The maximum Gasteiger partial charge on any atom is 0.318 e. The molecule has 41 heavy (non-hydrogen) atoms. The molecule has 2 aromatic carbocycles. The van der Waals surface area contributed by atoms with Crippen LogP contribution in [0.1, 0.15) is 48.3 Å². The summed E-state index contributed by atoms with van der Waals surface area (Å²) in [6.07, 6.45) is 2.13. The van der Waals surface area contributed by atoms with Gasteiger partial charge in [0.05, 0.1) is 36.2 Å². The molecule has 3 aliphatic rings. The van der Waals surface area contributed by atoms with E-state index in [-0.39, 0.29) is 41.7 Å². The molecule has 2 saturated heterocycles. The smallest absolute Gasteiger partial charge is 0.318 e. The molecule has 3 aliphatic heterocycles. The van der Waals surface area contributed by atoms with Gasteiger partial charge in [0, 0.05) is 44.8 Å². The molecule has 10 nitrogen and oxygen atoms in total. The Balaban J connectivity index is 1.40. The third kappa shape index (κ3) is 5.18. The number of aromatic nitrogens is 2. The van der Waals surface area contributed by atoms with E-state index < -0.39 is 0 Å². The Kier molecular flexibility index (Phi) is 7.43. The molecule has 218 valence electrons. The molecule has 0 radical (unpaired) electrons. The summed E-state index contributed by atoms with van der Waals surface area (Å²) in [5.41, 5.74) is 1.57. The summed E-state index contributed by atoms with van der Waals surface area (Å²) in [6, 6.07) is 6.33. The molecule has 3 aromatic rings. The van der Waals surface area contributed by atoms with E-state index in [1.165, 1.54) is 12.1 Å². The highest BCUT2D eigenvalue weighted by atomic mass is 19.1.